The molecular formula is C17H25N3O4S. The van der Waals surface area contributed by atoms with E-state index in [1.54, 1.807) is 41.0 Å². The van der Waals surface area contributed by atoms with Gasteiger partial charge in [-0.2, -0.15) is 4.31 Å². The smallest absolute Gasteiger partial charge is 0.321 e. The van der Waals surface area contributed by atoms with Crippen LogP contribution in [0.2, 0.25) is 0 Å². The minimum absolute atomic E-state index is 0.120. The highest BCUT2D eigenvalue weighted by atomic mass is 32.2. The standard InChI is InChI=1S/C17H25N3O4S/c1-13-4-6-16(7-5-13)25(22,23)19-12-14(2)20(15(19)3)17(21)18-8-10-24-11-9-18/h4-7,14-15H,8-12H2,1-3H3/t14-,15-/m1/s1. The Kier molecular flexibility index (Phi) is 5.04. The molecule has 2 atom stereocenters. The van der Waals surface area contributed by atoms with E-state index in [0.29, 0.717) is 32.8 Å². The maximum atomic E-state index is 13.0. The number of sulfonamides is 1. The van der Waals surface area contributed by atoms with Gasteiger partial charge >= 0.3 is 6.03 Å². The Hall–Kier alpha value is -1.64. The van der Waals surface area contributed by atoms with Crippen LogP contribution in [0.15, 0.2) is 29.2 Å². The normalized spacial score (nSPS) is 25.4. The number of morpholine rings is 1. The molecule has 3 rings (SSSR count). The third kappa shape index (κ3) is 3.38. The number of aryl methyl sites for hydroxylation is 1. The molecule has 138 valence electrons. The molecule has 2 aliphatic heterocycles. The molecule has 1 aromatic carbocycles. The van der Waals surface area contributed by atoms with E-state index in [-0.39, 0.29) is 17.0 Å². The van der Waals surface area contributed by atoms with E-state index >= 15 is 0 Å². The monoisotopic (exact) mass is 367 g/mol. The Morgan fingerprint density at radius 3 is 2.32 bits per heavy atom. The van der Waals surface area contributed by atoms with Gasteiger partial charge in [0.25, 0.3) is 0 Å². The van der Waals surface area contributed by atoms with Crippen molar-refractivity contribution >= 4 is 16.1 Å². The van der Waals surface area contributed by atoms with E-state index in [9.17, 15) is 13.2 Å². The number of ether oxygens (including phenoxy) is 1. The molecule has 2 heterocycles. The largest absolute Gasteiger partial charge is 0.378 e. The van der Waals surface area contributed by atoms with Crippen LogP contribution in [0.25, 0.3) is 0 Å². The second kappa shape index (κ2) is 6.93. The van der Waals surface area contributed by atoms with Gasteiger partial charge in [-0.3, -0.25) is 0 Å². The van der Waals surface area contributed by atoms with Gasteiger partial charge < -0.3 is 14.5 Å². The first-order valence-corrected chi connectivity index (χ1v) is 10.00. The van der Waals surface area contributed by atoms with Crippen molar-refractivity contribution in [3.8, 4) is 0 Å². The lowest BCUT2D eigenvalue weighted by Crippen LogP contribution is -2.52. The van der Waals surface area contributed by atoms with Gasteiger partial charge in [0.05, 0.1) is 24.3 Å². The van der Waals surface area contributed by atoms with Crippen LogP contribution in [0.5, 0.6) is 0 Å². The topological polar surface area (TPSA) is 70.2 Å². The Morgan fingerprint density at radius 2 is 1.72 bits per heavy atom. The Balaban J connectivity index is 1.82. The second-order valence-electron chi connectivity index (χ2n) is 6.66. The molecule has 2 fully saturated rings. The molecule has 0 aliphatic carbocycles. The van der Waals surface area contributed by atoms with Crippen LogP contribution in [0, 0.1) is 6.92 Å². The van der Waals surface area contributed by atoms with Crippen molar-refractivity contribution in [2.24, 2.45) is 0 Å². The molecule has 0 saturated carbocycles. The summed E-state index contributed by atoms with van der Waals surface area (Å²) >= 11 is 0. The van der Waals surface area contributed by atoms with E-state index in [2.05, 4.69) is 0 Å². The van der Waals surface area contributed by atoms with Crippen LogP contribution < -0.4 is 0 Å². The lowest BCUT2D eigenvalue weighted by Gasteiger charge is -2.35. The first-order chi connectivity index (χ1) is 11.8. The number of carbonyl (C=O) groups excluding carboxylic acids is 1. The molecule has 0 unspecified atom stereocenters. The van der Waals surface area contributed by atoms with Gasteiger partial charge in [0.15, 0.2) is 0 Å². The molecule has 25 heavy (non-hydrogen) atoms. The van der Waals surface area contributed by atoms with E-state index in [1.165, 1.54) is 4.31 Å². The molecule has 7 nitrogen and oxygen atoms in total. The zero-order valence-corrected chi connectivity index (χ0v) is 15.7. The molecule has 2 amide bonds. The quantitative estimate of drug-likeness (QED) is 0.794. The average molecular weight is 367 g/mol. The maximum absolute atomic E-state index is 13.0. The zero-order valence-electron chi connectivity index (χ0n) is 14.9. The predicted molar refractivity (Wildman–Crippen MR) is 93.6 cm³/mol. The van der Waals surface area contributed by atoms with Crippen molar-refractivity contribution in [2.75, 3.05) is 32.8 Å². The summed E-state index contributed by atoms with van der Waals surface area (Å²) in [5.74, 6) is 0. The second-order valence-corrected chi connectivity index (χ2v) is 8.55. The van der Waals surface area contributed by atoms with E-state index in [4.69, 9.17) is 4.74 Å². The summed E-state index contributed by atoms with van der Waals surface area (Å²) in [6.07, 6.45) is -0.517. The van der Waals surface area contributed by atoms with Crippen LogP contribution in [0.4, 0.5) is 4.79 Å². The molecule has 0 aromatic heterocycles. The van der Waals surface area contributed by atoms with Crippen LogP contribution in [0.1, 0.15) is 19.4 Å². The number of rotatable bonds is 2. The van der Waals surface area contributed by atoms with Crippen molar-refractivity contribution < 1.29 is 17.9 Å². The van der Waals surface area contributed by atoms with E-state index in [1.807, 2.05) is 13.8 Å². The van der Waals surface area contributed by atoms with Crippen LogP contribution >= 0.6 is 0 Å². The predicted octanol–water partition coefficient (Wildman–Crippen LogP) is 1.49. The third-order valence-corrected chi connectivity index (χ3v) is 6.81. The first kappa shape index (κ1) is 18.2. The van der Waals surface area contributed by atoms with Crippen LogP contribution in [0.3, 0.4) is 0 Å². The number of benzene rings is 1. The summed E-state index contributed by atoms with van der Waals surface area (Å²) in [5.41, 5.74) is 1.01. The van der Waals surface area contributed by atoms with Gasteiger partial charge in [-0.05, 0) is 32.9 Å². The average Bonchev–Trinajstić information content (AvgIpc) is 2.90. The molecule has 2 saturated heterocycles. The van der Waals surface area contributed by atoms with Crippen molar-refractivity contribution in [2.45, 2.75) is 37.9 Å². The highest BCUT2D eigenvalue weighted by Crippen LogP contribution is 2.28. The molecule has 8 heteroatoms. The Bertz CT molecular complexity index is 729. The molecule has 0 radical (unpaired) electrons. The minimum Gasteiger partial charge on any atom is -0.378 e. The minimum atomic E-state index is -3.64. The number of hydrogen-bond acceptors (Lipinski definition) is 4. The fourth-order valence-electron chi connectivity index (χ4n) is 3.42. The molecule has 2 aliphatic rings. The van der Waals surface area contributed by atoms with Crippen molar-refractivity contribution in [3.05, 3.63) is 29.8 Å². The lowest BCUT2D eigenvalue weighted by molar-refractivity contribution is 0.0382. The van der Waals surface area contributed by atoms with Crippen LogP contribution in [-0.4, -0.2) is 73.6 Å². The highest BCUT2D eigenvalue weighted by Gasteiger charge is 2.45. The van der Waals surface area contributed by atoms with Gasteiger partial charge in [-0.15, -0.1) is 0 Å². The zero-order chi connectivity index (χ0) is 18.2. The summed E-state index contributed by atoms with van der Waals surface area (Å²) in [5, 5.41) is 0. The van der Waals surface area contributed by atoms with E-state index in [0.717, 1.165) is 5.56 Å². The van der Waals surface area contributed by atoms with E-state index < -0.39 is 16.2 Å². The van der Waals surface area contributed by atoms with Crippen molar-refractivity contribution in [1.82, 2.24) is 14.1 Å². The summed E-state index contributed by atoms with van der Waals surface area (Å²) in [6, 6.07) is 6.51. The summed E-state index contributed by atoms with van der Waals surface area (Å²) < 4.78 is 32.7. The first-order valence-electron chi connectivity index (χ1n) is 8.56. The molecular weight excluding hydrogens is 342 g/mol. The SMILES string of the molecule is Cc1ccc(S(=O)(=O)N2C[C@@H](C)N(C(=O)N3CCOCC3)[C@@H]2C)cc1. The highest BCUT2D eigenvalue weighted by molar-refractivity contribution is 7.89. The summed E-state index contributed by atoms with van der Waals surface area (Å²) in [4.78, 5) is 16.5. The van der Waals surface area contributed by atoms with Crippen molar-refractivity contribution in [3.63, 3.8) is 0 Å². The van der Waals surface area contributed by atoms with Gasteiger partial charge in [-0.25, -0.2) is 13.2 Å². The molecule has 0 bridgehead atoms. The molecule has 1 aromatic rings. The van der Waals surface area contributed by atoms with Crippen LogP contribution in [-0.2, 0) is 14.8 Å². The molecule has 0 spiro atoms. The van der Waals surface area contributed by atoms with Gasteiger partial charge in [-0.1, -0.05) is 17.7 Å². The van der Waals surface area contributed by atoms with Gasteiger partial charge in [0, 0.05) is 25.7 Å². The summed E-state index contributed by atoms with van der Waals surface area (Å²) in [6.45, 7) is 8.00. The lowest BCUT2D eigenvalue weighted by atomic mass is 10.2. The third-order valence-electron chi connectivity index (χ3n) is 4.87. The number of urea groups is 1. The maximum Gasteiger partial charge on any atom is 0.321 e. The number of carbonyl (C=O) groups is 1. The Morgan fingerprint density at radius 1 is 1.12 bits per heavy atom. The Labute approximate surface area is 149 Å². The number of amides is 2. The fraction of sp³-hybridized carbons (Fsp3) is 0.588. The summed E-state index contributed by atoms with van der Waals surface area (Å²) in [7, 11) is -3.64. The molecule has 0 N–H and O–H groups in total. The van der Waals surface area contributed by atoms with Gasteiger partial charge in [0.2, 0.25) is 10.0 Å². The number of nitrogens with zero attached hydrogens (tertiary/aromatic N) is 3. The van der Waals surface area contributed by atoms with Gasteiger partial charge in [0.1, 0.15) is 0 Å². The fourth-order valence-corrected chi connectivity index (χ4v) is 5.08. The number of hydrogen-bond donors (Lipinski definition) is 0. The van der Waals surface area contributed by atoms with Crippen molar-refractivity contribution in [1.29, 1.82) is 0 Å².